The topological polar surface area (TPSA) is 67.6 Å². The average molecular weight is 293 g/mol. The highest BCUT2D eigenvalue weighted by Crippen LogP contribution is 2.10. The van der Waals surface area contributed by atoms with Crippen LogP contribution >= 0.6 is 12.2 Å². The standard InChI is InChI=1S/C14H19N3O2S/c1-10-8-17(6-7-19-10)9-13(18)16-12-4-2-11(3-5-12)14(15)20/h2-5,10H,6-9H2,1H3,(H2,15,20)(H,16,18). The Morgan fingerprint density at radius 1 is 1.50 bits per heavy atom. The van der Waals surface area contributed by atoms with E-state index in [1.165, 1.54) is 0 Å². The number of amides is 1. The predicted molar refractivity (Wildman–Crippen MR) is 82.8 cm³/mol. The van der Waals surface area contributed by atoms with Crippen LogP contribution < -0.4 is 11.1 Å². The Morgan fingerprint density at radius 2 is 2.20 bits per heavy atom. The minimum atomic E-state index is -0.0258. The van der Waals surface area contributed by atoms with Crippen LogP contribution in [0.4, 0.5) is 5.69 Å². The van der Waals surface area contributed by atoms with Gasteiger partial charge in [-0.2, -0.15) is 0 Å². The molecule has 0 saturated carbocycles. The molecule has 0 aromatic heterocycles. The molecule has 0 aliphatic carbocycles. The van der Waals surface area contributed by atoms with Crippen LogP contribution in [0.15, 0.2) is 24.3 Å². The zero-order chi connectivity index (χ0) is 14.5. The van der Waals surface area contributed by atoms with Crippen molar-refractivity contribution >= 4 is 28.8 Å². The van der Waals surface area contributed by atoms with E-state index in [9.17, 15) is 4.79 Å². The zero-order valence-corrected chi connectivity index (χ0v) is 12.3. The number of hydrogen-bond acceptors (Lipinski definition) is 4. The predicted octanol–water partition coefficient (Wildman–Crippen LogP) is 0.980. The molecule has 108 valence electrons. The third kappa shape index (κ3) is 4.26. The summed E-state index contributed by atoms with van der Waals surface area (Å²) in [6.45, 7) is 4.65. The van der Waals surface area contributed by atoms with E-state index in [4.69, 9.17) is 22.7 Å². The van der Waals surface area contributed by atoms with Crippen molar-refractivity contribution in [3.63, 3.8) is 0 Å². The van der Waals surface area contributed by atoms with Crippen molar-refractivity contribution in [2.75, 3.05) is 31.6 Å². The van der Waals surface area contributed by atoms with Crippen LogP contribution in [-0.4, -0.2) is 48.1 Å². The number of nitrogens with two attached hydrogens (primary N) is 1. The number of anilines is 1. The van der Waals surface area contributed by atoms with Gasteiger partial charge in [-0.15, -0.1) is 0 Å². The van der Waals surface area contributed by atoms with E-state index in [-0.39, 0.29) is 12.0 Å². The highest BCUT2D eigenvalue weighted by Gasteiger charge is 2.18. The molecule has 1 unspecified atom stereocenters. The van der Waals surface area contributed by atoms with Crippen LogP contribution in [0, 0.1) is 0 Å². The quantitative estimate of drug-likeness (QED) is 0.810. The lowest BCUT2D eigenvalue weighted by atomic mass is 10.2. The molecule has 1 saturated heterocycles. The van der Waals surface area contributed by atoms with E-state index in [0.717, 1.165) is 24.3 Å². The molecule has 0 spiro atoms. The van der Waals surface area contributed by atoms with Crippen molar-refractivity contribution in [3.8, 4) is 0 Å². The number of hydrogen-bond donors (Lipinski definition) is 2. The van der Waals surface area contributed by atoms with Gasteiger partial charge in [0, 0.05) is 24.3 Å². The number of nitrogens with one attached hydrogen (secondary N) is 1. The first-order valence-corrected chi connectivity index (χ1v) is 6.99. The van der Waals surface area contributed by atoms with E-state index >= 15 is 0 Å². The van der Waals surface area contributed by atoms with Gasteiger partial charge in [0.05, 0.1) is 19.3 Å². The summed E-state index contributed by atoms with van der Waals surface area (Å²) >= 11 is 4.88. The highest BCUT2D eigenvalue weighted by molar-refractivity contribution is 7.80. The van der Waals surface area contributed by atoms with Crippen molar-refractivity contribution in [2.24, 2.45) is 5.73 Å². The molecule has 0 radical (unpaired) electrons. The molecule has 3 N–H and O–H groups in total. The SMILES string of the molecule is CC1CN(CC(=O)Nc2ccc(C(N)=S)cc2)CCO1. The molecule has 1 fully saturated rings. The lowest BCUT2D eigenvalue weighted by molar-refractivity contribution is -0.119. The number of rotatable bonds is 4. The van der Waals surface area contributed by atoms with Crippen molar-refractivity contribution in [2.45, 2.75) is 13.0 Å². The fourth-order valence-electron chi connectivity index (χ4n) is 2.16. The van der Waals surface area contributed by atoms with Gasteiger partial charge in [-0.05, 0) is 31.2 Å². The largest absolute Gasteiger partial charge is 0.389 e. The molecule has 1 aromatic carbocycles. The van der Waals surface area contributed by atoms with Crippen LogP contribution in [0.1, 0.15) is 12.5 Å². The summed E-state index contributed by atoms with van der Waals surface area (Å²) in [4.78, 5) is 14.4. The van der Waals surface area contributed by atoms with Crippen molar-refractivity contribution < 1.29 is 9.53 Å². The summed E-state index contributed by atoms with van der Waals surface area (Å²) in [5.74, 6) is -0.0258. The van der Waals surface area contributed by atoms with Crippen LogP contribution in [-0.2, 0) is 9.53 Å². The van der Waals surface area contributed by atoms with Gasteiger partial charge < -0.3 is 15.8 Å². The molecular formula is C14H19N3O2S. The van der Waals surface area contributed by atoms with Crippen LogP contribution in [0.2, 0.25) is 0 Å². The Balaban J connectivity index is 1.86. The van der Waals surface area contributed by atoms with Gasteiger partial charge in [-0.25, -0.2) is 0 Å². The van der Waals surface area contributed by atoms with E-state index in [1.54, 1.807) is 24.3 Å². The maximum absolute atomic E-state index is 12.0. The number of morpholine rings is 1. The molecule has 2 rings (SSSR count). The number of nitrogens with zero attached hydrogens (tertiary/aromatic N) is 1. The summed E-state index contributed by atoms with van der Waals surface area (Å²) in [6.07, 6.45) is 0.182. The molecule has 1 aromatic rings. The van der Waals surface area contributed by atoms with Crippen molar-refractivity contribution in [3.05, 3.63) is 29.8 Å². The Labute approximate surface area is 124 Å². The van der Waals surface area contributed by atoms with E-state index in [1.807, 2.05) is 6.92 Å². The second-order valence-electron chi connectivity index (χ2n) is 4.91. The Morgan fingerprint density at radius 3 is 2.80 bits per heavy atom. The lowest BCUT2D eigenvalue weighted by Gasteiger charge is -2.30. The first-order chi connectivity index (χ1) is 9.54. The first-order valence-electron chi connectivity index (χ1n) is 6.58. The van der Waals surface area contributed by atoms with Gasteiger partial charge in [0.15, 0.2) is 0 Å². The van der Waals surface area contributed by atoms with Crippen LogP contribution in [0.3, 0.4) is 0 Å². The Kier molecular flexibility index (Phi) is 5.05. The summed E-state index contributed by atoms with van der Waals surface area (Å²) < 4.78 is 5.45. The van der Waals surface area contributed by atoms with E-state index < -0.39 is 0 Å². The van der Waals surface area contributed by atoms with Crippen LogP contribution in [0.5, 0.6) is 0 Å². The minimum absolute atomic E-state index is 0.0258. The average Bonchev–Trinajstić information content (AvgIpc) is 2.39. The lowest BCUT2D eigenvalue weighted by Crippen LogP contribution is -2.44. The molecule has 6 heteroatoms. The molecule has 1 heterocycles. The van der Waals surface area contributed by atoms with Gasteiger partial charge in [-0.3, -0.25) is 9.69 Å². The summed E-state index contributed by atoms with van der Waals surface area (Å²) in [6, 6.07) is 7.20. The Hall–Kier alpha value is -1.50. The van der Waals surface area contributed by atoms with Gasteiger partial charge in [-0.1, -0.05) is 12.2 Å². The maximum atomic E-state index is 12.0. The van der Waals surface area contributed by atoms with Gasteiger partial charge in [0.2, 0.25) is 5.91 Å². The highest BCUT2D eigenvalue weighted by atomic mass is 32.1. The van der Waals surface area contributed by atoms with Gasteiger partial charge in [0.25, 0.3) is 0 Å². The fraction of sp³-hybridized carbons (Fsp3) is 0.429. The fourth-order valence-corrected chi connectivity index (χ4v) is 2.29. The number of carbonyl (C=O) groups excluding carboxylic acids is 1. The third-order valence-electron chi connectivity index (χ3n) is 3.15. The van der Waals surface area contributed by atoms with Crippen LogP contribution in [0.25, 0.3) is 0 Å². The van der Waals surface area contributed by atoms with E-state index in [2.05, 4.69) is 10.2 Å². The summed E-state index contributed by atoms with van der Waals surface area (Å²) in [5, 5.41) is 2.86. The third-order valence-corrected chi connectivity index (χ3v) is 3.38. The van der Waals surface area contributed by atoms with Crippen molar-refractivity contribution in [1.29, 1.82) is 0 Å². The molecular weight excluding hydrogens is 274 g/mol. The minimum Gasteiger partial charge on any atom is -0.389 e. The van der Waals surface area contributed by atoms with Gasteiger partial charge >= 0.3 is 0 Å². The second-order valence-corrected chi connectivity index (χ2v) is 5.35. The molecule has 5 nitrogen and oxygen atoms in total. The summed E-state index contributed by atoms with van der Waals surface area (Å²) in [7, 11) is 0. The van der Waals surface area contributed by atoms with Crippen molar-refractivity contribution in [1.82, 2.24) is 4.90 Å². The molecule has 1 aliphatic rings. The molecule has 1 atom stereocenters. The van der Waals surface area contributed by atoms with E-state index in [0.29, 0.717) is 18.1 Å². The molecule has 20 heavy (non-hydrogen) atoms. The molecule has 1 aliphatic heterocycles. The normalized spacial score (nSPS) is 19.6. The second kappa shape index (κ2) is 6.78. The Bertz CT molecular complexity index is 490. The molecule has 1 amide bonds. The van der Waals surface area contributed by atoms with Gasteiger partial charge in [0.1, 0.15) is 4.99 Å². The number of benzene rings is 1. The number of ether oxygens (including phenoxy) is 1. The number of carbonyl (C=O) groups is 1. The first kappa shape index (κ1) is 14.9. The smallest absolute Gasteiger partial charge is 0.238 e. The monoisotopic (exact) mass is 293 g/mol. The molecule has 0 bridgehead atoms. The summed E-state index contributed by atoms with van der Waals surface area (Å²) in [5.41, 5.74) is 7.07. The number of thiocarbonyl (C=S) groups is 1. The maximum Gasteiger partial charge on any atom is 0.238 e. The zero-order valence-electron chi connectivity index (χ0n) is 11.5.